The summed E-state index contributed by atoms with van der Waals surface area (Å²) in [6.45, 7) is 2.08. The van der Waals surface area contributed by atoms with Gasteiger partial charge in [0.1, 0.15) is 11.5 Å². The Hall–Kier alpha value is -1.85. The number of Topliss-reactive ketones (excluding diaryl/α,β-unsaturated/α-hetero) is 1. The summed E-state index contributed by atoms with van der Waals surface area (Å²) in [6.07, 6.45) is 0. The summed E-state index contributed by atoms with van der Waals surface area (Å²) in [5.74, 6) is 2.62. The molecule has 0 amide bonds. The van der Waals surface area contributed by atoms with Crippen molar-refractivity contribution in [1.29, 1.82) is 0 Å². The van der Waals surface area contributed by atoms with E-state index in [1.54, 1.807) is 0 Å². The smallest absolute Gasteiger partial charge is 0.319 e. The van der Waals surface area contributed by atoms with Gasteiger partial charge in [0.25, 0.3) is 0 Å². The van der Waals surface area contributed by atoms with Gasteiger partial charge in [-0.15, -0.1) is 0 Å². The molecule has 1 saturated heterocycles. The molecule has 5 heteroatoms. The minimum absolute atomic E-state index is 0.110. The van der Waals surface area contributed by atoms with Crippen LogP contribution in [0.2, 0.25) is 0 Å². The van der Waals surface area contributed by atoms with Gasteiger partial charge >= 0.3 is 5.97 Å². The average Bonchev–Trinajstić information content (AvgIpc) is 2.62. The summed E-state index contributed by atoms with van der Waals surface area (Å²) in [4.78, 5) is 26.0. The highest BCUT2D eigenvalue weighted by Crippen LogP contribution is 2.17. The van der Waals surface area contributed by atoms with Gasteiger partial charge in [-0.1, -0.05) is 36.4 Å². The summed E-state index contributed by atoms with van der Waals surface area (Å²) in [5.41, 5.74) is 0.804. The van der Waals surface area contributed by atoms with Crippen LogP contribution in [-0.4, -0.2) is 60.7 Å². The Kier molecular flexibility index (Phi) is 5.53. The van der Waals surface area contributed by atoms with Crippen LogP contribution in [0.4, 0.5) is 0 Å². The van der Waals surface area contributed by atoms with Crippen LogP contribution in [0.25, 0.3) is 10.8 Å². The highest BCUT2D eigenvalue weighted by atomic mass is 32.2. The zero-order valence-electron chi connectivity index (χ0n) is 13.9. The number of hydrogen-bond acceptors (Lipinski definition) is 4. The molecule has 2 aromatic carbocycles. The van der Waals surface area contributed by atoms with Crippen LogP contribution in [0.5, 0.6) is 0 Å². The molecule has 0 saturated carbocycles. The Balaban J connectivity index is 1.56. The molecule has 0 bridgehead atoms. The van der Waals surface area contributed by atoms with Crippen molar-refractivity contribution in [3.8, 4) is 0 Å². The van der Waals surface area contributed by atoms with Crippen LogP contribution >= 0.6 is 0 Å². The molecular weight excluding hydrogens is 322 g/mol. The lowest BCUT2D eigenvalue weighted by Gasteiger charge is -2.25. The standard InChI is InChI=1S/C19H22NO3S/c1-23-19(22)13-20-8-10-24(11-9-20)14-18(21)17-7-6-15-4-2-3-5-16(15)12-17/h2-7,12H,8-11,13-14H2,1H3/q+1. The molecule has 0 radical (unpaired) electrons. The van der Waals surface area contributed by atoms with Crippen molar-refractivity contribution in [3.05, 3.63) is 48.0 Å². The third-order valence-electron chi connectivity index (χ3n) is 4.38. The van der Waals surface area contributed by atoms with Crippen LogP contribution in [0.3, 0.4) is 0 Å². The maximum Gasteiger partial charge on any atom is 0.319 e. The molecule has 0 aromatic heterocycles. The molecule has 0 unspecified atom stereocenters. The van der Waals surface area contributed by atoms with E-state index in [1.165, 1.54) is 7.11 Å². The molecular formula is C19H22NO3S+. The number of methoxy groups -OCH3 is 1. The van der Waals surface area contributed by atoms with Crippen molar-refractivity contribution in [1.82, 2.24) is 4.90 Å². The molecule has 1 heterocycles. The first-order valence-electron chi connectivity index (χ1n) is 8.11. The van der Waals surface area contributed by atoms with Crippen LogP contribution in [0.1, 0.15) is 10.4 Å². The summed E-state index contributed by atoms with van der Waals surface area (Å²) in [6, 6.07) is 14.0. The highest BCUT2D eigenvalue weighted by Gasteiger charge is 2.30. The van der Waals surface area contributed by atoms with Gasteiger partial charge in [0.15, 0.2) is 5.75 Å². The topological polar surface area (TPSA) is 46.6 Å². The van der Waals surface area contributed by atoms with Gasteiger partial charge < -0.3 is 4.74 Å². The number of rotatable bonds is 5. The summed E-state index contributed by atoms with van der Waals surface area (Å²) < 4.78 is 4.70. The number of nitrogens with zero attached hydrogens (tertiary/aromatic N) is 1. The normalized spacial score (nSPS) is 16.2. The Morgan fingerprint density at radius 2 is 1.79 bits per heavy atom. The van der Waals surface area contributed by atoms with Gasteiger partial charge in [-0.05, 0) is 27.7 Å². The van der Waals surface area contributed by atoms with E-state index in [-0.39, 0.29) is 22.6 Å². The molecule has 0 aliphatic carbocycles. The lowest BCUT2D eigenvalue weighted by Crippen LogP contribution is -2.44. The van der Waals surface area contributed by atoms with Crippen molar-refractivity contribution in [3.63, 3.8) is 0 Å². The van der Waals surface area contributed by atoms with Crippen molar-refractivity contribution >= 4 is 33.4 Å². The zero-order valence-corrected chi connectivity index (χ0v) is 14.7. The maximum absolute atomic E-state index is 12.6. The monoisotopic (exact) mass is 344 g/mol. The van der Waals surface area contributed by atoms with Crippen molar-refractivity contribution in [2.24, 2.45) is 0 Å². The fourth-order valence-electron chi connectivity index (χ4n) is 2.91. The van der Waals surface area contributed by atoms with Crippen LogP contribution in [-0.2, 0) is 20.4 Å². The molecule has 4 nitrogen and oxygen atoms in total. The Morgan fingerprint density at radius 3 is 2.50 bits per heavy atom. The quantitative estimate of drug-likeness (QED) is 0.474. The number of fused-ring (bicyclic) bond motifs is 1. The fourth-order valence-corrected chi connectivity index (χ4v) is 4.97. The Bertz CT molecular complexity index is 738. The van der Waals surface area contributed by atoms with Gasteiger partial charge in [0.2, 0.25) is 5.78 Å². The Labute approximate surface area is 145 Å². The second-order valence-electron chi connectivity index (χ2n) is 6.00. The summed E-state index contributed by atoms with van der Waals surface area (Å²) >= 11 is 0. The molecule has 0 N–H and O–H groups in total. The maximum atomic E-state index is 12.6. The third kappa shape index (κ3) is 4.16. The summed E-state index contributed by atoms with van der Waals surface area (Å²) in [5, 5.41) is 2.27. The van der Waals surface area contributed by atoms with E-state index in [2.05, 4.69) is 11.0 Å². The number of carbonyl (C=O) groups is 2. The van der Waals surface area contributed by atoms with Gasteiger partial charge in [-0.3, -0.25) is 14.5 Å². The molecule has 1 aliphatic rings. The van der Waals surface area contributed by atoms with Crippen LogP contribution in [0, 0.1) is 0 Å². The molecule has 126 valence electrons. The molecule has 0 spiro atoms. The van der Waals surface area contributed by atoms with Gasteiger partial charge in [0, 0.05) is 18.7 Å². The molecule has 1 fully saturated rings. The highest BCUT2D eigenvalue weighted by molar-refractivity contribution is 7.97. The first kappa shape index (κ1) is 17.0. The number of ketones is 1. The van der Waals surface area contributed by atoms with Crippen LogP contribution < -0.4 is 0 Å². The minimum atomic E-state index is -0.191. The minimum Gasteiger partial charge on any atom is -0.468 e. The lowest BCUT2D eigenvalue weighted by molar-refractivity contribution is -0.141. The second kappa shape index (κ2) is 7.81. The molecule has 0 atom stereocenters. The SMILES string of the molecule is COC(=O)CN1CC[S+](CC(=O)c2ccc3ccccc3c2)CC1. The number of esters is 1. The van der Waals surface area contributed by atoms with E-state index in [0.29, 0.717) is 12.3 Å². The van der Waals surface area contributed by atoms with E-state index in [1.807, 2.05) is 36.4 Å². The van der Waals surface area contributed by atoms with E-state index in [9.17, 15) is 9.59 Å². The van der Waals surface area contributed by atoms with E-state index in [4.69, 9.17) is 4.74 Å². The first-order chi connectivity index (χ1) is 11.7. The van der Waals surface area contributed by atoms with Crippen molar-refractivity contribution < 1.29 is 14.3 Å². The number of hydrogen-bond donors (Lipinski definition) is 0. The zero-order chi connectivity index (χ0) is 16.9. The summed E-state index contributed by atoms with van der Waals surface area (Å²) in [7, 11) is 1.53. The third-order valence-corrected chi connectivity index (χ3v) is 6.57. The number of carbonyl (C=O) groups excluding carboxylic acids is 2. The largest absolute Gasteiger partial charge is 0.468 e. The molecule has 3 rings (SSSR count). The predicted octanol–water partition coefficient (Wildman–Crippen LogP) is 2.13. The van der Waals surface area contributed by atoms with Crippen molar-refractivity contribution in [2.45, 2.75) is 0 Å². The average molecular weight is 344 g/mol. The first-order valence-corrected chi connectivity index (χ1v) is 9.84. The van der Waals surface area contributed by atoms with E-state index < -0.39 is 0 Å². The van der Waals surface area contributed by atoms with Crippen molar-refractivity contribution in [2.75, 3.05) is 44.0 Å². The van der Waals surface area contributed by atoms with E-state index >= 15 is 0 Å². The van der Waals surface area contributed by atoms with Gasteiger partial charge in [-0.25, -0.2) is 0 Å². The predicted molar refractivity (Wildman–Crippen MR) is 98.7 cm³/mol. The van der Waals surface area contributed by atoms with Gasteiger partial charge in [0.05, 0.1) is 13.7 Å². The van der Waals surface area contributed by atoms with E-state index in [0.717, 1.165) is 40.9 Å². The Morgan fingerprint density at radius 1 is 1.08 bits per heavy atom. The molecule has 1 aliphatic heterocycles. The second-order valence-corrected chi connectivity index (χ2v) is 8.33. The number of ether oxygens (including phenoxy) is 1. The lowest BCUT2D eigenvalue weighted by atomic mass is 10.1. The number of benzene rings is 2. The van der Waals surface area contributed by atoms with Gasteiger partial charge in [-0.2, -0.15) is 0 Å². The molecule has 24 heavy (non-hydrogen) atoms. The molecule has 2 aromatic rings. The van der Waals surface area contributed by atoms with Crippen LogP contribution in [0.15, 0.2) is 42.5 Å². The fraction of sp³-hybridized carbons (Fsp3) is 0.368.